The molecule has 0 saturated carbocycles. The number of hydrazone groups is 1. The van der Waals surface area contributed by atoms with Crippen molar-refractivity contribution >= 4 is 17.0 Å². The van der Waals surface area contributed by atoms with E-state index in [0.717, 1.165) is 18.6 Å². The smallest absolute Gasteiger partial charge is 0.0778 e. The van der Waals surface area contributed by atoms with Gasteiger partial charge in [-0.15, -0.1) is 11.3 Å². The monoisotopic (exact) mass is 152 g/mol. The van der Waals surface area contributed by atoms with Crippen LogP contribution in [0.3, 0.4) is 0 Å². The quantitative estimate of drug-likeness (QED) is 0.442. The molecule has 1 aliphatic rings. The van der Waals surface area contributed by atoms with Gasteiger partial charge in [-0.1, -0.05) is 0 Å². The van der Waals surface area contributed by atoms with Gasteiger partial charge in [0.2, 0.25) is 0 Å². The minimum Gasteiger partial charge on any atom is -0.323 e. The van der Waals surface area contributed by atoms with Crippen LogP contribution in [0, 0.1) is 0 Å². The molecule has 2 rings (SSSR count). The van der Waals surface area contributed by atoms with Crippen LogP contribution >= 0.6 is 11.3 Å². The van der Waals surface area contributed by atoms with E-state index in [4.69, 9.17) is 5.84 Å². The molecular formula is C7H8N2S. The Morgan fingerprint density at radius 1 is 1.50 bits per heavy atom. The first kappa shape index (κ1) is 5.92. The van der Waals surface area contributed by atoms with Gasteiger partial charge in [0.15, 0.2) is 0 Å². The second kappa shape index (κ2) is 2.09. The Labute approximate surface area is 63.4 Å². The molecule has 0 saturated heterocycles. The summed E-state index contributed by atoms with van der Waals surface area (Å²) < 4.78 is 0. The number of fused-ring (bicyclic) bond motifs is 1. The van der Waals surface area contributed by atoms with Crippen molar-refractivity contribution in [2.75, 3.05) is 0 Å². The van der Waals surface area contributed by atoms with Crippen LogP contribution in [-0.2, 0) is 6.42 Å². The molecule has 1 aromatic heterocycles. The number of aryl methyl sites for hydroxylation is 1. The fraction of sp³-hybridized carbons (Fsp3) is 0.286. The zero-order chi connectivity index (χ0) is 6.97. The van der Waals surface area contributed by atoms with Crippen LogP contribution < -0.4 is 5.84 Å². The van der Waals surface area contributed by atoms with Crippen molar-refractivity contribution in [3.05, 3.63) is 21.9 Å². The molecule has 2 N–H and O–H groups in total. The number of rotatable bonds is 0. The molecule has 52 valence electrons. The zero-order valence-electron chi connectivity index (χ0n) is 5.50. The standard InChI is InChI=1S/C7H8N2S/c8-9-6-2-1-5-3-4-10-7(5)6/h3-4H,1-2,8H2/b9-6-. The Morgan fingerprint density at radius 2 is 2.40 bits per heavy atom. The zero-order valence-corrected chi connectivity index (χ0v) is 6.32. The van der Waals surface area contributed by atoms with Crippen molar-refractivity contribution in [3.8, 4) is 0 Å². The van der Waals surface area contributed by atoms with E-state index < -0.39 is 0 Å². The summed E-state index contributed by atoms with van der Waals surface area (Å²) in [6.45, 7) is 0. The van der Waals surface area contributed by atoms with Crippen LogP contribution in [0.1, 0.15) is 16.9 Å². The highest BCUT2D eigenvalue weighted by Crippen LogP contribution is 2.26. The first-order valence-corrected chi connectivity index (χ1v) is 4.13. The van der Waals surface area contributed by atoms with E-state index >= 15 is 0 Å². The summed E-state index contributed by atoms with van der Waals surface area (Å²) in [6, 6.07) is 2.15. The van der Waals surface area contributed by atoms with E-state index in [9.17, 15) is 0 Å². The van der Waals surface area contributed by atoms with E-state index in [1.165, 1.54) is 10.4 Å². The molecule has 3 heteroatoms. The molecule has 0 amide bonds. The highest BCUT2D eigenvalue weighted by atomic mass is 32.1. The fourth-order valence-electron chi connectivity index (χ4n) is 1.28. The van der Waals surface area contributed by atoms with Crippen LogP contribution in [-0.4, -0.2) is 5.71 Å². The lowest BCUT2D eigenvalue weighted by molar-refractivity contribution is 1.08. The average Bonchev–Trinajstić information content (AvgIpc) is 2.44. The van der Waals surface area contributed by atoms with Crippen molar-refractivity contribution in [3.63, 3.8) is 0 Å². The second-order valence-corrected chi connectivity index (χ2v) is 3.27. The van der Waals surface area contributed by atoms with Crippen molar-refractivity contribution < 1.29 is 0 Å². The molecule has 0 aliphatic heterocycles. The van der Waals surface area contributed by atoms with Gasteiger partial charge in [0, 0.05) is 0 Å². The van der Waals surface area contributed by atoms with Gasteiger partial charge in [0.05, 0.1) is 10.6 Å². The first-order chi connectivity index (χ1) is 4.92. The highest BCUT2D eigenvalue weighted by Gasteiger charge is 2.17. The maximum absolute atomic E-state index is 5.20. The topological polar surface area (TPSA) is 38.4 Å². The van der Waals surface area contributed by atoms with E-state index in [0.29, 0.717) is 0 Å². The summed E-state index contributed by atoms with van der Waals surface area (Å²) in [5.41, 5.74) is 2.49. The summed E-state index contributed by atoms with van der Waals surface area (Å²) >= 11 is 1.73. The first-order valence-electron chi connectivity index (χ1n) is 3.25. The van der Waals surface area contributed by atoms with Gasteiger partial charge in [-0.25, -0.2) is 0 Å². The molecule has 0 aromatic carbocycles. The molecule has 0 fully saturated rings. The van der Waals surface area contributed by atoms with Crippen LogP contribution in [0.2, 0.25) is 0 Å². The minimum absolute atomic E-state index is 1.03. The Bertz CT molecular complexity index is 275. The van der Waals surface area contributed by atoms with Gasteiger partial charge in [-0.05, 0) is 29.9 Å². The van der Waals surface area contributed by atoms with Crippen LogP contribution in [0.5, 0.6) is 0 Å². The molecule has 0 bridgehead atoms. The largest absolute Gasteiger partial charge is 0.323 e. The summed E-state index contributed by atoms with van der Waals surface area (Å²) in [5.74, 6) is 5.20. The number of hydrogen-bond donors (Lipinski definition) is 1. The predicted molar refractivity (Wildman–Crippen MR) is 43.4 cm³/mol. The Hall–Kier alpha value is -0.830. The Balaban J connectivity index is 2.53. The van der Waals surface area contributed by atoms with Crippen molar-refractivity contribution in [1.29, 1.82) is 0 Å². The molecule has 1 aliphatic carbocycles. The number of nitrogens with zero attached hydrogens (tertiary/aromatic N) is 1. The third-order valence-electron chi connectivity index (χ3n) is 1.80. The van der Waals surface area contributed by atoms with Crippen molar-refractivity contribution in [1.82, 2.24) is 0 Å². The third-order valence-corrected chi connectivity index (χ3v) is 2.80. The summed E-state index contributed by atoms with van der Waals surface area (Å²) in [4.78, 5) is 1.29. The predicted octanol–water partition coefficient (Wildman–Crippen LogP) is 1.36. The molecule has 1 heterocycles. The van der Waals surface area contributed by atoms with Crippen molar-refractivity contribution in [2.45, 2.75) is 12.8 Å². The molecule has 0 spiro atoms. The van der Waals surface area contributed by atoms with Gasteiger partial charge in [0.25, 0.3) is 0 Å². The number of thiophene rings is 1. The van der Waals surface area contributed by atoms with E-state index in [-0.39, 0.29) is 0 Å². The normalized spacial score (nSPS) is 19.8. The van der Waals surface area contributed by atoms with Crippen molar-refractivity contribution in [2.24, 2.45) is 10.9 Å². The van der Waals surface area contributed by atoms with E-state index in [1.54, 1.807) is 11.3 Å². The van der Waals surface area contributed by atoms with E-state index in [2.05, 4.69) is 16.5 Å². The molecular weight excluding hydrogens is 144 g/mol. The van der Waals surface area contributed by atoms with Crippen LogP contribution in [0.15, 0.2) is 16.5 Å². The molecule has 0 unspecified atom stereocenters. The van der Waals surface area contributed by atoms with Gasteiger partial charge in [-0.3, -0.25) is 0 Å². The molecule has 0 atom stereocenters. The Morgan fingerprint density at radius 3 is 3.20 bits per heavy atom. The highest BCUT2D eigenvalue weighted by molar-refractivity contribution is 7.12. The molecule has 10 heavy (non-hydrogen) atoms. The number of hydrogen-bond acceptors (Lipinski definition) is 3. The summed E-state index contributed by atoms with van der Waals surface area (Å²) in [7, 11) is 0. The van der Waals surface area contributed by atoms with Gasteiger partial charge in [0.1, 0.15) is 0 Å². The fourth-order valence-corrected chi connectivity index (χ4v) is 2.26. The molecule has 0 radical (unpaired) electrons. The Kier molecular flexibility index (Phi) is 1.24. The lowest BCUT2D eigenvalue weighted by atomic mass is 10.3. The average molecular weight is 152 g/mol. The molecule has 1 aromatic rings. The number of nitrogens with two attached hydrogens (primary N) is 1. The summed E-state index contributed by atoms with van der Waals surface area (Å²) in [5, 5.41) is 5.82. The SMILES string of the molecule is N/N=C1/CCc2ccsc21. The van der Waals surface area contributed by atoms with Crippen LogP contribution in [0.4, 0.5) is 0 Å². The van der Waals surface area contributed by atoms with Gasteiger partial charge >= 0.3 is 0 Å². The minimum atomic E-state index is 1.03. The third kappa shape index (κ3) is 0.671. The second-order valence-electron chi connectivity index (χ2n) is 2.35. The van der Waals surface area contributed by atoms with Gasteiger partial charge < -0.3 is 5.84 Å². The van der Waals surface area contributed by atoms with Gasteiger partial charge in [-0.2, -0.15) is 5.10 Å². The summed E-state index contributed by atoms with van der Waals surface area (Å²) in [6.07, 6.45) is 2.15. The molecule has 2 nitrogen and oxygen atoms in total. The van der Waals surface area contributed by atoms with E-state index in [1.807, 2.05) is 0 Å². The maximum Gasteiger partial charge on any atom is 0.0778 e. The lowest BCUT2D eigenvalue weighted by Gasteiger charge is -1.88. The van der Waals surface area contributed by atoms with Crippen LogP contribution in [0.25, 0.3) is 0 Å². The maximum atomic E-state index is 5.20. The lowest BCUT2D eigenvalue weighted by Crippen LogP contribution is -1.95.